The molecular weight excluding hydrogens is 514 g/mol. The van der Waals surface area contributed by atoms with Crippen LogP contribution in [0.2, 0.25) is 0 Å². The summed E-state index contributed by atoms with van der Waals surface area (Å²) in [5, 5.41) is 6.42. The highest BCUT2D eigenvalue weighted by Gasteiger charge is 2.15. The van der Waals surface area contributed by atoms with Gasteiger partial charge in [0.05, 0.1) is 19.4 Å². The molecule has 0 bridgehead atoms. The molecule has 2 aromatic rings. The summed E-state index contributed by atoms with van der Waals surface area (Å²) in [5.41, 5.74) is 0.788. The van der Waals surface area contributed by atoms with Gasteiger partial charge in [-0.25, -0.2) is 4.39 Å². The van der Waals surface area contributed by atoms with Crippen molar-refractivity contribution < 1.29 is 18.6 Å². The lowest BCUT2D eigenvalue weighted by Gasteiger charge is -2.13. The number of ether oxygens (including phenoxy) is 3. The first-order valence-corrected chi connectivity index (χ1v) is 10.2. The quantitative estimate of drug-likeness (QED) is 0.206. The van der Waals surface area contributed by atoms with Gasteiger partial charge in [-0.3, -0.25) is 9.98 Å². The van der Waals surface area contributed by atoms with E-state index in [0.717, 1.165) is 44.8 Å². The Morgan fingerprint density at radius 1 is 1.32 bits per heavy atom. The summed E-state index contributed by atoms with van der Waals surface area (Å²) in [5.74, 6) is 1.43. The zero-order valence-electron chi connectivity index (χ0n) is 17.7. The average Bonchev–Trinajstić information content (AvgIpc) is 3.29. The number of rotatable bonds is 10. The second-order valence-corrected chi connectivity index (χ2v) is 7.07. The minimum absolute atomic E-state index is 0. The van der Waals surface area contributed by atoms with E-state index in [9.17, 15) is 4.39 Å². The zero-order valence-corrected chi connectivity index (χ0v) is 20.0. The molecule has 1 unspecified atom stereocenters. The topological polar surface area (TPSA) is 77.0 Å². The number of pyridine rings is 1. The maximum atomic E-state index is 14.3. The second-order valence-electron chi connectivity index (χ2n) is 7.07. The van der Waals surface area contributed by atoms with Gasteiger partial charge in [0.25, 0.3) is 0 Å². The van der Waals surface area contributed by atoms with Crippen molar-refractivity contribution in [2.75, 3.05) is 40.0 Å². The van der Waals surface area contributed by atoms with Gasteiger partial charge in [0, 0.05) is 45.5 Å². The smallest absolute Gasteiger partial charge is 0.191 e. The second kappa shape index (κ2) is 14.2. The maximum Gasteiger partial charge on any atom is 0.191 e. The maximum absolute atomic E-state index is 14.3. The highest BCUT2D eigenvalue weighted by molar-refractivity contribution is 14.0. The van der Waals surface area contributed by atoms with Gasteiger partial charge in [0.15, 0.2) is 17.5 Å². The molecular formula is C22H30FIN4O3. The Bertz CT molecular complexity index is 805. The fraction of sp³-hybridized carbons (Fsp3) is 0.455. The van der Waals surface area contributed by atoms with Crippen LogP contribution >= 0.6 is 24.0 Å². The van der Waals surface area contributed by atoms with Crippen LogP contribution in [-0.4, -0.2) is 51.0 Å². The van der Waals surface area contributed by atoms with Crippen LogP contribution < -0.4 is 15.4 Å². The van der Waals surface area contributed by atoms with Crippen LogP contribution in [0.1, 0.15) is 18.4 Å². The third-order valence-electron chi connectivity index (χ3n) is 4.68. The van der Waals surface area contributed by atoms with Crippen LogP contribution in [0, 0.1) is 11.7 Å². The summed E-state index contributed by atoms with van der Waals surface area (Å²) in [4.78, 5) is 8.15. The molecule has 0 radical (unpaired) electrons. The van der Waals surface area contributed by atoms with Gasteiger partial charge in [0.2, 0.25) is 0 Å². The Morgan fingerprint density at radius 3 is 2.94 bits per heavy atom. The van der Waals surface area contributed by atoms with Crippen molar-refractivity contribution in [1.82, 2.24) is 15.6 Å². The van der Waals surface area contributed by atoms with Crippen LogP contribution in [0.4, 0.5) is 4.39 Å². The SMILES string of the molecule is CN=C(NCCCOCC1CCOC1)NCc1ccc(Oc2cccnc2)c(F)c1.I. The highest BCUT2D eigenvalue weighted by atomic mass is 127. The zero-order chi connectivity index (χ0) is 21.0. The lowest BCUT2D eigenvalue weighted by molar-refractivity contribution is 0.0888. The minimum atomic E-state index is -0.425. The van der Waals surface area contributed by atoms with Crippen LogP contribution in [0.3, 0.4) is 0 Å². The molecule has 0 aliphatic carbocycles. The number of nitrogens with zero attached hydrogens (tertiary/aromatic N) is 2. The number of aromatic nitrogens is 1. The van der Waals surface area contributed by atoms with E-state index in [2.05, 4.69) is 20.6 Å². The van der Waals surface area contributed by atoms with Gasteiger partial charge in [0.1, 0.15) is 5.75 Å². The molecule has 1 saturated heterocycles. The van der Waals surface area contributed by atoms with Crippen molar-refractivity contribution in [1.29, 1.82) is 0 Å². The van der Waals surface area contributed by atoms with Gasteiger partial charge in [-0.05, 0) is 42.7 Å². The van der Waals surface area contributed by atoms with Crippen LogP contribution in [0.5, 0.6) is 11.5 Å². The number of benzene rings is 1. The first kappa shape index (κ1) is 25.3. The van der Waals surface area contributed by atoms with E-state index in [1.54, 1.807) is 37.6 Å². The average molecular weight is 544 g/mol. The lowest BCUT2D eigenvalue weighted by atomic mass is 10.1. The molecule has 1 aromatic carbocycles. The summed E-state index contributed by atoms with van der Waals surface area (Å²) in [6, 6.07) is 8.34. The fourth-order valence-electron chi connectivity index (χ4n) is 3.02. The summed E-state index contributed by atoms with van der Waals surface area (Å²) in [6.45, 7) is 4.31. The normalized spacial score (nSPS) is 15.9. The van der Waals surface area contributed by atoms with Crippen molar-refractivity contribution >= 4 is 29.9 Å². The molecule has 7 nitrogen and oxygen atoms in total. The number of aliphatic imine (C=N–C) groups is 1. The molecule has 9 heteroatoms. The Balaban J connectivity index is 0.00000341. The van der Waals surface area contributed by atoms with Crippen molar-refractivity contribution in [3.05, 3.63) is 54.1 Å². The molecule has 1 aromatic heterocycles. The molecule has 2 N–H and O–H groups in total. The van der Waals surface area contributed by atoms with Crippen molar-refractivity contribution in [3.8, 4) is 11.5 Å². The summed E-state index contributed by atoms with van der Waals surface area (Å²) < 4.78 is 30.9. The molecule has 1 fully saturated rings. The predicted octanol–water partition coefficient (Wildman–Crippen LogP) is 3.74. The molecule has 31 heavy (non-hydrogen) atoms. The summed E-state index contributed by atoms with van der Waals surface area (Å²) in [7, 11) is 1.71. The Morgan fingerprint density at radius 2 is 2.23 bits per heavy atom. The molecule has 1 aliphatic heterocycles. The van der Waals surface area contributed by atoms with E-state index >= 15 is 0 Å². The first-order valence-electron chi connectivity index (χ1n) is 10.2. The molecule has 0 amide bonds. The molecule has 2 heterocycles. The van der Waals surface area contributed by atoms with E-state index in [0.29, 0.717) is 30.8 Å². The van der Waals surface area contributed by atoms with Crippen LogP contribution in [0.15, 0.2) is 47.7 Å². The molecule has 1 atom stereocenters. The Kier molecular flexibility index (Phi) is 11.5. The van der Waals surface area contributed by atoms with E-state index in [1.807, 2.05) is 6.07 Å². The monoisotopic (exact) mass is 544 g/mol. The van der Waals surface area contributed by atoms with Crippen LogP contribution in [-0.2, 0) is 16.0 Å². The van der Waals surface area contributed by atoms with Gasteiger partial charge in [-0.1, -0.05) is 6.07 Å². The standard InChI is InChI=1S/C22H29FN4O3.HI/c1-24-22(26-9-3-10-28-15-18-7-11-29-16-18)27-13-17-5-6-21(20(23)12-17)30-19-4-2-8-25-14-19;/h2,4-6,8,12,14,18H,3,7,9-11,13,15-16H2,1H3,(H2,24,26,27);1H. The number of guanidine groups is 1. The van der Waals surface area contributed by atoms with E-state index < -0.39 is 5.82 Å². The minimum Gasteiger partial charge on any atom is -0.453 e. The third-order valence-corrected chi connectivity index (χ3v) is 4.68. The van der Waals surface area contributed by atoms with E-state index in [4.69, 9.17) is 14.2 Å². The molecule has 3 rings (SSSR count). The van der Waals surface area contributed by atoms with Gasteiger partial charge >= 0.3 is 0 Å². The summed E-state index contributed by atoms with van der Waals surface area (Å²) in [6.07, 6.45) is 5.14. The van der Waals surface area contributed by atoms with E-state index in [-0.39, 0.29) is 29.7 Å². The number of hydrogen-bond acceptors (Lipinski definition) is 5. The molecule has 0 saturated carbocycles. The Hall–Kier alpha value is -1.98. The largest absolute Gasteiger partial charge is 0.453 e. The van der Waals surface area contributed by atoms with Gasteiger partial charge in [-0.2, -0.15) is 0 Å². The number of nitrogens with one attached hydrogen (secondary N) is 2. The van der Waals surface area contributed by atoms with Gasteiger partial charge in [-0.15, -0.1) is 24.0 Å². The molecule has 0 spiro atoms. The fourth-order valence-corrected chi connectivity index (χ4v) is 3.02. The first-order chi connectivity index (χ1) is 14.7. The molecule has 1 aliphatic rings. The van der Waals surface area contributed by atoms with E-state index in [1.165, 1.54) is 6.07 Å². The van der Waals surface area contributed by atoms with Gasteiger partial charge < -0.3 is 24.8 Å². The predicted molar refractivity (Wildman–Crippen MR) is 129 cm³/mol. The number of hydrogen-bond donors (Lipinski definition) is 2. The number of halogens is 2. The van der Waals surface area contributed by atoms with Crippen molar-refractivity contribution in [2.24, 2.45) is 10.9 Å². The Labute approximate surface area is 199 Å². The third kappa shape index (κ3) is 8.96. The highest BCUT2D eigenvalue weighted by Crippen LogP contribution is 2.24. The lowest BCUT2D eigenvalue weighted by Crippen LogP contribution is -2.37. The van der Waals surface area contributed by atoms with Crippen molar-refractivity contribution in [2.45, 2.75) is 19.4 Å². The van der Waals surface area contributed by atoms with Crippen LogP contribution in [0.25, 0.3) is 0 Å². The molecule has 170 valence electrons. The van der Waals surface area contributed by atoms with Crippen molar-refractivity contribution in [3.63, 3.8) is 0 Å². The summed E-state index contributed by atoms with van der Waals surface area (Å²) >= 11 is 0.